The number of anilines is 1. The van der Waals surface area contributed by atoms with Gasteiger partial charge in [-0.25, -0.2) is 18.4 Å². The van der Waals surface area contributed by atoms with Gasteiger partial charge in [0.25, 0.3) is 5.16 Å². The Morgan fingerprint density at radius 3 is 2.62 bits per heavy atom. The molecule has 4 unspecified atom stereocenters. The summed E-state index contributed by atoms with van der Waals surface area (Å²) in [5.41, 5.74) is 1.27. The van der Waals surface area contributed by atoms with Crippen LogP contribution in [0, 0.1) is 5.92 Å². The molecule has 1 saturated carbocycles. The molecule has 182 valence electrons. The summed E-state index contributed by atoms with van der Waals surface area (Å²) in [7, 11) is -2.29. The molecule has 0 spiro atoms. The number of benzene rings is 1. The summed E-state index contributed by atoms with van der Waals surface area (Å²) in [6, 6.07) is 7.40. The Labute approximate surface area is 201 Å². The molecule has 3 aromatic rings. The minimum absolute atomic E-state index is 0.0504. The zero-order valence-corrected chi connectivity index (χ0v) is 20.8. The molecule has 0 amide bonds. The zero-order valence-electron chi connectivity index (χ0n) is 19.2. The van der Waals surface area contributed by atoms with Gasteiger partial charge in [0.2, 0.25) is 15.7 Å². The predicted octanol–water partition coefficient (Wildman–Crippen LogP) is 2.48. The Morgan fingerprint density at radius 2 is 1.94 bits per heavy atom. The maximum Gasteiger partial charge on any atom is 0.252 e. The highest BCUT2D eigenvalue weighted by atomic mass is 32.2. The minimum atomic E-state index is -3.72. The van der Waals surface area contributed by atoms with E-state index in [9.17, 15) is 13.5 Å². The first kappa shape index (κ1) is 23.4. The summed E-state index contributed by atoms with van der Waals surface area (Å²) < 4.78 is 43.3. The highest BCUT2D eigenvalue weighted by Gasteiger charge is 2.54. The topological polar surface area (TPSA) is 133 Å². The van der Waals surface area contributed by atoms with Gasteiger partial charge in [-0.3, -0.25) is 0 Å². The van der Waals surface area contributed by atoms with Crippen molar-refractivity contribution in [1.82, 2.24) is 15.0 Å². The Hall–Kier alpha value is -2.38. The minimum Gasteiger partial charge on any atom is -0.480 e. The maximum atomic E-state index is 12.3. The molecule has 10 nitrogen and oxygen atoms in total. The normalized spacial score (nSPS) is 26.0. The Balaban J connectivity index is 1.63. The first-order valence-corrected chi connectivity index (χ1v) is 13.6. The van der Waals surface area contributed by atoms with Crippen molar-refractivity contribution in [3.63, 3.8) is 0 Å². The lowest BCUT2D eigenvalue weighted by atomic mass is 10.1. The smallest absolute Gasteiger partial charge is 0.252 e. The van der Waals surface area contributed by atoms with Gasteiger partial charge in [-0.2, -0.15) is 4.98 Å². The van der Waals surface area contributed by atoms with E-state index in [-0.39, 0.29) is 47.6 Å². The van der Waals surface area contributed by atoms with E-state index in [1.165, 1.54) is 18.4 Å². The number of aliphatic hydroxyl groups is 1. The molecule has 1 aliphatic heterocycles. The average Bonchev–Trinajstić information content (AvgIpc) is 3.43. The molecular weight excluding hydrogens is 480 g/mol. The summed E-state index contributed by atoms with van der Waals surface area (Å²) >= 11 is 1.43. The van der Waals surface area contributed by atoms with Crippen LogP contribution < -0.4 is 10.1 Å². The number of ether oxygens (including phenoxy) is 3. The van der Waals surface area contributed by atoms with E-state index in [0.717, 1.165) is 16.5 Å². The second kappa shape index (κ2) is 8.38. The van der Waals surface area contributed by atoms with Crippen molar-refractivity contribution in [3.8, 4) is 16.5 Å². The molecule has 34 heavy (non-hydrogen) atoms. The van der Waals surface area contributed by atoms with Crippen LogP contribution in [0.1, 0.15) is 20.3 Å². The summed E-state index contributed by atoms with van der Waals surface area (Å²) in [5.74, 6) is -0.537. The van der Waals surface area contributed by atoms with Gasteiger partial charge >= 0.3 is 0 Å². The highest BCUT2D eigenvalue weighted by molar-refractivity contribution is 7.90. The van der Waals surface area contributed by atoms with Crippen LogP contribution >= 0.6 is 11.3 Å². The number of fused-ring (bicyclic) bond motifs is 2. The molecule has 12 heteroatoms. The lowest BCUT2D eigenvalue weighted by molar-refractivity contribution is -0.158. The number of thiazole rings is 1. The molecule has 0 radical (unpaired) electrons. The zero-order chi connectivity index (χ0) is 24.3. The van der Waals surface area contributed by atoms with Crippen LogP contribution in [0.25, 0.3) is 20.8 Å². The standard InChI is InChI=1S/C22H26N4O6S2/c1-22(2)31-16-11(10-27)9-13(17(16)32-22)23-18-15(19(30-3)26-21(25-18)34(4,28)29)20-24-12-7-5-6-8-14(12)33-20/h5-8,11,13,16-17,27H,9-10H2,1-4H3,(H,23,25,26). The van der Waals surface area contributed by atoms with E-state index < -0.39 is 15.6 Å². The van der Waals surface area contributed by atoms with Gasteiger partial charge in [-0.1, -0.05) is 12.1 Å². The molecule has 1 aliphatic carbocycles. The van der Waals surface area contributed by atoms with Crippen molar-refractivity contribution >= 4 is 37.2 Å². The quantitative estimate of drug-likeness (QED) is 0.480. The fraction of sp³-hybridized carbons (Fsp3) is 0.500. The summed E-state index contributed by atoms with van der Waals surface area (Å²) in [6.07, 6.45) is 0.966. The number of hydrogen-bond donors (Lipinski definition) is 2. The summed E-state index contributed by atoms with van der Waals surface area (Å²) in [5, 5.41) is 13.5. The van der Waals surface area contributed by atoms with E-state index in [1.54, 1.807) is 0 Å². The van der Waals surface area contributed by atoms with Crippen molar-refractivity contribution in [1.29, 1.82) is 0 Å². The van der Waals surface area contributed by atoms with Crippen LogP contribution in [0.4, 0.5) is 5.82 Å². The number of hydrogen-bond acceptors (Lipinski definition) is 11. The number of methoxy groups -OCH3 is 1. The predicted molar refractivity (Wildman–Crippen MR) is 127 cm³/mol. The number of rotatable bonds is 6. The second-order valence-electron chi connectivity index (χ2n) is 8.99. The van der Waals surface area contributed by atoms with Crippen molar-refractivity contribution in [2.45, 2.75) is 49.5 Å². The third-order valence-electron chi connectivity index (χ3n) is 6.03. The number of nitrogens with zero attached hydrogens (tertiary/aromatic N) is 3. The van der Waals surface area contributed by atoms with Crippen LogP contribution in [0.3, 0.4) is 0 Å². The molecular formula is C22H26N4O6S2. The third kappa shape index (κ3) is 4.13. The van der Waals surface area contributed by atoms with Gasteiger partial charge < -0.3 is 24.6 Å². The number of aromatic nitrogens is 3. The molecule has 2 N–H and O–H groups in total. The van der Waals surface area contributed by atoms with E-state index >= 15 is 0 Å². The highest BCUT2D eigenvalue weighted by Crippen LogP contribution is 2.45. The fourth-order valence-corrected chi connectivity index (χ4v) is 6.10. The Bertz CT molecular complexity index is 1310. The van der Waals surface area contributed by atoms with Crippen LogP contribution in [0.15, 0.2) is 29.4 Å². The van der Waals surface area contributed by atoms with E-state index in [0.29, 0.717) is 17.0 Å². The summed E-state index contributed by atoms with van der Waals surface area (Å²) in [4.78, 5) is 13.3. The molecule has 2 fully saturated rings. The van der Waals surface area contributed by atoms with Crippen LogP contribution in [0.2, 0.25) is 0 Å². The number of nitrogens with one attached hydrogen (secondary N) is 1. The van der Waals surface area contributed by atoms with Gasteiger partial charge in [0.1, 0.15) is 22.5 Å². The first-order chi connectivity index (χ1) is 16.1. The number of para-hydroxylation sites is 1. The van der Waals surface area contributed by atoms with E-state index in [2.05, 4.69) is 15.3 Å². The van der Waals surface area contributed by atoms with Crippen molar-refractivity contribution in [2.75, 3.05) is 25.3 Å². The fourth-order valence-electron chi connectivity index (χ4n) is 4.59. The molecule has 0 bridgehead atoms. The molecule has 5 rings (SSSR count). The molecule has 2 aliphatic rings. The second-order valence-corrected chi connectivity index (χ2v) is 11.9. The maximum absolute atomic E-state index is 12.3. The van der Waals surface area contributed by atoms with Crippen molar-refractivity contribution < 1.29 is 27.7 Å². The Morgan fingerprint density at radius 1 is 1.21 bits per heavy atom. The van der Waals surface area contributed by atoms with Gasteiger partial charge in [-0.15, -0.1) is 11.3 Å². The van der Waals surface area contributed by atoms with Crippen LogP contribution in [-0.2, 0) is 19.3 Å². The number of aliphatic hydroxyl groups excluding tert-OH is 1. The average molecular weight is 507 g/mol. The summed E-state index contributed by atoms with van der Waals surface area (Å²) in [6.45, 7) is 3.61. The van der Waals surface area contributed by atoms with Gasteiger partial charge in [0.15, 0.2) is 5.79 Å². The molecule has 4 atom stereocenters. The van der Waals surface area contributed by atoms with Crippen molar-refractivity contribution in [2.24, 2.45) is 5.92 Å². The van der Waals surface area contributed by atoms with Crippen LogP contribution in [0.5, 0.6) is 5.88 Å². The lowest BCUT2D eigenvalue weighted by Gasteiger charge is -2.24. The molecule has 3 heterocycles. The third-order valence-corrected chi connectivity index (χ3v) is 7.93. The van der Waals surface area contributed by atoms with Crippen molar-refractivity contribution in [3.05, 3.63) is 24.3 Å². The lowest BCUT2D eigenvalue weighted by Crippen LogP contribution is -2.35. The Kier molecular flexibility index (Phi) is 5.76. The van der Waals surface area contributed by atoms with Gasteiger partial charge in [0, 0.05) is 18.8 Å². The van der Waals surface area contributed by atoms with Crippen LogP contribution in [-0.4, -0.2) is 72.5 Å². The molecule has 2 aromatic heterocycles. The number of sulfone groups is 1. The largest absolute Gasteiger partial charge is 0.480 e. The van der Waals surface area contributed by atoms with Gasteiger partial charge in [-0.05, 0) is 32.4 Å². The molecule has 1 aromatic carbocycles. The molecule has 1 saturated heterocycles. The van der Waals surface area contributed by atoms with E-state index in [1.807, 2.05) is 38.1 Å². The first-order valence-electron chi connectivity index (χ1n) is 10.8. The SMILES string of the molecule is COc1nc(S(C)(=O)=O)nc(NC2CC(CO)C3OC(C)(C)OC23)c1-c1nc2ccccc2s1. The van der Waals surface area contributed by atoms with Gasteiger partial charge in [0.05, 0.1) is 29.5 Å². The van der Waals surface area contributed by atoms with E-state index in [4.69, 9.17) is 19.2 Å². The monoisotopic (exact) mass is 506 g/mol.